The molecule has 0 unspecified atom stereocenters. The molecule has 0 saturated heterocycles. The first-order chi connectivity index (χ1) is 13.3. The number of aryl methyl sites for hydroxylation is 2. The predicted molar refractivity (Wildman–Crippen MR) is 104 cm³/mol. The summed E-state index contributed by atoms with van der Waals surface area (Å²) in [6.07, 6.45) is 2.82. The zero-order valence-electron chi connectivity index (χ0n) is 15.4. The van der Waals surface area contributed by atoms with E-state index in [1.165, 1.54) is 13.0 Å². The van der Waals surface area contributed by atoms with Gasteiger partial charge in [-0.05, 0) is 39.0 Å². The third kappa shape index (κ3) is 3.82. The second-order valence-electron chi connectivity index (χ2n) is 6.13. The molecule has 1 N–H and O–H groups in total. The van der Waals surface area contributed by atoms with Crippen LogP contribution in [0.5, 0.6) is 0 Å². The van der Waals surface area contributed by atoms with Crippen LogP contribution in [0.25, 0.3) is 11.8 Å². The minimum absolute atomic E-state index is 0.181. The summed E-state index contributed by atoms with van der Waals surface area (Å²) >= 11 is 6.42. The topological polar surface area (TPSA) is 64.7 Å². The highest BCUT2D eigenvalue weighted by molar-refractivity contribution is 6.31. The lowest BCUT2D eigenvalue weighted by Crippen LogP contribution is -2.10. The van der Waals surface area contributed by atoms with Gasteiger partial charge >= 0.3 is 6.55 Å². The van der Waals surface area contributed by atoms with Gasteiger partial charge in [0, 0.05) is 11.6 Å². The number of aromatic nitrogens is 4. The smallest absolute Gasteiger partial charge is 0.319 e. The van der Waals surface area contributed by atoms with Crippen LogP contribution in [-0.2, 0) is 4.79 Å². The van der Waals surface area contributed by atoms with E-state index in [-0.39, 0.29) is 11.4 Å². The van der Waals surface area contributed by atoms with Gasteiger partial charge in [-0.15, -0.1) is 0 Å². The van der Waals surface area contributed by atoms with Gasteiger partial charge in [-0.1, -0.05) is 29.8 Å². The number of alkyl halides is 2. The Morgan fingerprint density at radius 3 is 2.43 bits per heavy atom. The van der Waals surface area contributed by atoms with E-state index in [1.54, 1.807) is 24.6 Å². The molecule has 0 fully saturated rings. The van der Waals surface area contributed by atoms with Crippen LogP contribution in [-0.4, -0.2) is 25.5 Å². The molecule has 0 bridgehead atoms. The summed E-state index contributed by atoms with van der Waals surface area (Å²) in [6, 6.07) is 9.36. The lowest BCUT2D eigenvalue weighted by Gasteiger charge is -2.04. The van der Waals surface area contributed by atoms with Gasteiger partial charge in [-0.2, -0.15) is 19.0 Å². The van der Waals surface area contributed by atoms with E-state index < -0.39 is 12.5 Å². The summed E-state index contributed by atoms with van der Waals surface area (Å²) in [5.41, 5.74) is 2.79. The lowest BCUT2D eigenvalue weighted by atomic mass is 10.2. The molecule has 28 heavy (non-hydrogen) atoms. The van der Waals surface area contributed by atoms with E-state index in [4.69, 9.17) is 11.6 Å². The average Bonchev–Trinajstić information content (AvgIpc) is 3.11. The maximum absolute atomic E-state index is 12.9. The van der Waals surface area contributed by atoms with E-state index in [9.17, 15) is 13.6 Å². The lowest BCUT2D eigenvalue weighted by molar-refractivity contribution is -0.111. The summed E-state index contributed by atoms with van der Waals surface area (Å²) in [7, 11) is 0. The first-order valence-electron chi connectivity index (χ1n) is 8.43. The molecule has 0 aliphatic rings. The van der Waals surface area contributed by atoms with Crippen molar-refractivity contribution in [3.8, 4) is 5.69 Å². The first kappa shape index (κ1) is 19.8. The SMILES string of the molecule is Cc1nn(-c2ccccc2)c(Cl)c1/C=C/C(=O)Nc1c(C)nn(C(F)F)c1C. The molecule has 3 rings (SSSR count). The Morgan fingerprint density at radius 1 is 1.14 bits per heavy atom. The number of benzene rings is 1. The number of hydrogen-bond donors (Lipinski definition) is 1. The van der Waals surface area contributed by atoms with Gasteiger partial charge in [0.15, 0.2) is 0 Å². The van der Waals surface area contributed by atoms with Crippen LogP contribution >= 0.6 is 11.6 Å². The van der Waals surface area contributed by atoms with E-state index >= 15 is 0 Å². The molecule has 1 aromatic carbocycles. The zero-order valence-corrected chi connectivity index (χ0v) is 16.2. The van der Waals surface area contributed by atoms with Crippen LogP contribution in [0.1, 0.15) is 29.2 Å². The fraction of sp³-hybridized carbons (Fsp3) is 0.211. The van der Waals surface area contributed by atoms with Crippen molar-refractivity contribution in [2.24, 2.45) is 0 Å². The highest BCUT2D eigenvalue weighted by atomic mass is 35.5. The Labute approximate surface area is 165 Å². The number of carbonyl (C=O) groups is 1. The molecule has 146 valence electrons. The van der Waals surface area contributed by atoms with Crippen LogP contribution in [0, 0.1) is 20.8 Å². The molecule has 0 radical (unpaired) electrons. The van der Waals surface area contributed by atoms with E-state index in [1.807, 2.05) is 30.3 Å². The Morgan fingerprint density at radius 2 is 1.82 bits per heavy atom. The molecule has 3 aromatic rings. The molecule has 0 spiro atoms. The summed E-state index contributed by atoms with van der Waals surface area (Å²) in [5, 5.41) is 11.1. The normalized spacial score (nSPS) is 11.5. The van der Waals surface area contributed by atoms with Crippen LogP contribution in [0.2, 0.25) is 5.15 Å². The number of nitrogens with zero attached hydrogens (tertiary/aromatic N) is 4. The number of halogens is 3. The van der Waals surface area contributed by atoms with Crippen LogP contribution < -0.4 is 5.32 Å². The third-order valence-corrected chi connectivity index (χ3v) is 4.57. The van der Waals surface area contributed by atoms with Crippen molar-refractivity contribution in [3.63, 3.8) is 0 Å². The van der Waals surface area contributed by atoms with Gasteiger partial charge in [-0.3, -0.25) is 4.79 Å². The van der Waals surface area contributed by atoms with E-state index in [0.29, 0.717) is 26.8 Å². The Kier molecular flexibility index (Phi) is 5.60. The number of nitrogens with one attached hydrogen (secondary N) is 1. The van der Waals surface area contributed by atoms with Crippen molar-refractivity contribution < 1.29 is 13.6 Å². The van der Waals surface area contributed by atoms with Crippen molar-refractivity contribution in [1.82, 2.24) is 19.6 Å². The summed E-state index contributed by atoms with van der Waals surface area (Å²) in [6.45, 7) is 2.03. The molecule has 1 amide bonds. The molecule has 0 aliphatic heterocycles. The summed E-state index contributed by atoms with van der Waals surface area (Å²) < 4.78 is 28.0. The van der Waals surface area contributed by atoms with Gasteiger partial charge in [0.2, 0.25) is 5.91 Å². The Balaban J connectivity index is 1.82. The molecule has 2 heterocycles. The maximum Gasteiger partial charge on any atom is 0.333 e. The largest absolute Gasteiger partial charge is 0.333 e. The molecule has 6 nitrogen and oxygen atoms in total. The van der Waals surface area contributed by atoms with Gasteiger partial charge in [-0.25, -0.2) is 9.36 Å². The summed E-state index contributed by atoms with van der Waals surface area (Å²) in [4.78, 5) is 12.3. The fourth-order valence-electron chi connectivity index (χ4n) is 2.80. The van der Waals surface area contributed by atoms with E-state index in [0.717, 1.165) is 5.69 Å². The highest BCUT2D eigenvalue weighted by Gasteiger charge is 2.18. The van der Waals surface area contributed by atoms with Gasteiger partial charge < -0.3 is 5.32 Å². The highest BCUT2D eigenvalue weighted by Crippen LogP contribution is 2.26. The minimum atomic E-state index is -2.77. The number of carbonyl (C=O) groups excluding carboxylic acids is 1. The number of anilines is 1. The first-order valence-corrected chi connectivity index (χ1v) is 8.81. The Hall–Kier alpha value is -3.00. The molecule has 0 atom stereocenters. The van der Waals surface area contributed by atoms with Crippen molar-refractivity contribution in [3.05, 3.63) is 64.2 Å². The van der Waals surface area contributed by atoms with Crippen LogP contribution in [0.15, 0.2) is 36.4 Å². The average molecular weight is 406 g/mol. The number of para-hydroxylation sites is 1. The van der Waals surface area contributed by atoms with Crippen molar-refractivity contribution in [1.29, 1.82) is 0 Å². The second kappa shape index (κ2) is 7.93. The monoisotopic (exact) mass is 405 g/mol. The predicted octanol–water partition coefficient (Wildman–Crippen LogP) is 4.69. The Bertz CT molecular complexity index is 1040. The molecule has 2 aromatic heterocycles. The molecular weight excluding hydrogens is 388 g/mol. The molecule has 0 saturated carbocycles. The van der Waals surface area contributed by atoms with Crippen LogP contribution in [0.4, 0.5) is 14.5 Å². The number of rotatable bonds is 5. The molecule has 9 heteroatoms. The zero-order chi connectivity index (χ0) is 20.4. The third-order valence-electron chi connectivity index (χ3n) is 4.21. The van der Waals surface area contributed by atoms with E-state index in [2.05, 4.69) is 15.5 Å². The second-order valence-corrected chi connectivity index (χ2v) is 6.49. The van der Waals surface area contributed by atoms with Crippen molar-refractivity contribution in [2.45, 2.75) is 27.3 Å². The molecular formula is C19H18ClF2N5O. The molecule has 0 aliphatic carbocycles. The van der Waals surface area contributed by atoms with Crippen molar-refractivity contribution >= 4 is 29.3 Å². The quantitative estimate of drug-likeness (QED) is 0.626. The number of amides is 1. The summed E-state index contributed by atoms with van der Waals surface area (Å²) in [5.74, 6) is -0.483. The standard InChI is InChI=1S/C19H18ClF2N5O/c1-11-15(18(20)27(24-11)14-7-5-4-6-8-14)9-10-16(28)23-17-12(2)25-26(13(17)3)19(21)22/h4-10,19H,1-3H3,(H,23,28)/b10-9+. The number of hydrogen-bond acceptors (Lipinski definition) is 3. The van der Waals surface area contributed by atoms with Crippen molar-refractivity contribution in [2.75, 3.05) is 5.32 Å². The van der Waals surface area contributed by atoms with Gasteiger partial charge in [0.25, 0.3) is 0 Å². The minimum Gasteiger partial charge on any atom is -0.319 e. The van der Waals surface area contributed by atoms with Gasteiger partial charge in [0.1, 0.15) is 5.15 Å². The fourth-order valence-corrected chi connectivity index (χ4v) is 3.13. The van der Waals surface area contributed by atoms with Crippen LogP contribution in [0.3, 0.4) is 0 Å². The van der Waals surface area contributed by atoms with Gasteiger partial charge in [0.05, 0.1) is 28.5 Å². The maximum atomic E-state index is 12.9.